The van der Waals surface area contributed by atoms with Gasteiger partial charge in [-0.3, -0.25) is 9.78 Å². The SMILES string of the molecule is CC[C@H]1CN(C(=O)c2cccn2Cc2cccnc2)C[C@@H]1N(C)C. The highest BCUT2D eigenvalue weighted by molar-refractivity contribution is 5.93. The van der Waals surface area contributed by atoms with E-state index in [4.69, 9.17) is 0 Å². The molecule has 3 rings (SSSR count). The lowest BCUT2D eigenvalue weighted by molar-refractivity contribution is 0.0770. The number of carbonyl (C=O) groups is 1. The van der Waals surface area contributed by atoms with Crippen LogP contribution < -0.4 is 0 Å². The van der Waals surface area contributed by atoms with Gasteiger partial charge in [-0.2, -0.15) is 0 Å². The lowest BCUT2D eigenvalue weighted by Gasteiger charge is -2.23. The third kappa shape index (κ3) is 3.36. The molecule has 0 bridgehead atoms. The Hall–Kier alpha value is -2.14. The molecule has 1 amide bonds. The van der Waals surface area contributed by atoms with Crippen molar-refractivity contribution in [2.75, 3.05) is 27.2 Å². The molecular formula is C19H26N4O. The first-order valence-corrected chi connectivity index (χ1v) is 8.60. The average Bonchev–Trinajstić information content (AvgIpc) is 3.21. The fourth-order valence-corrected chi connectivity index (χ4v) is 3.60. The maximum Gasteiger partial charge on any atom is 0.270 e. The van der Waals surface area contributed by atoms with Crippen LogP contribution in [0.2, 0.25) is 0 Å². The third-order valence-corrected chi connectivity index (χ3v) is 5.01. The molecule has 2 aromatic rings. The van der Waals surface area contributed by atoms with Crippen molar-refractivity contribution in [1.82, 2.24) is 19.4 Å². The van der Waals surface area contributed by atoms with Gasteiger partial charge in [0.05, 0.1) is 0 Å². The van der Waals surface area contributed by atoms with Crippen LogP contribution in [0.5, 0.6) is 0 Å². The normalized spacial score (nSPS) is 20.8. The second-order valence-electron chi connectivity index (χ2n) is 6.79. The summed E-state index contributed by atoms with van der Waals surface area (Å²) in [6.07, 6.45) is 6.68. The topological polar surface area (TPSA) is 41.4 Å². The Balaban J connectivity index is 1.76. The van der Waals surface area contributed by atoms with E-state index in [-0.39, 0.29) is 5.91 Å². The number of pyridine rings is 1. The monoisotopic (exact) mass is 326 g/mol. The molecule has 1 fully saturated rings. The minimum atomic E-state index is 0.131. The number of carbonyl (C=O) groups excluding carboxylic acids is 1. The van der Waals surface area contributed by atoms with Crippen LogP contribution in [0.25, 0.3) is 0 Å². The number of hydrogen-bond donors (Lipinski definition) is 0. The molecule has 0 aliphatic carbocycles. The zero-order valence-electron chi connectivity index (χ0n) is 14.7. The van der Waals surface area contributed by atoms with E-state index in [1.165, 1.54) is 0 Å². The molecule has 1 aliphatic rings. The van der Waals surface area contributed by atoms with E-state index in [9.17, 15) is 4.79 Å². The van der Waals surface area contributed by atoms with Crippen molar-refractivity contribution in [2.45, 2.75) is 25.9 Å². The standard InChI is InChI=1S/C19H26N4O/c1-4-16-13-23(14-18(16)21(2)3)19(24)17-8-6-10-22(17)12-15-7-5-9-20-11-15/h5-11,16,18H,4,12-14H2,1-3H3/t16-,18-/m0/s1. The average molecular weight is 326 g/mol. The number of rotatable bonds is 5. The van der Waals surface area contributed by atoms with E-state index in [1.54, 1.807) is 6.20 Å². The van der Waals surface area contributed by atoms with Crippen molar-refractivity contribution < 1.29 is 4.79 Å². The van der Waals surface area contributed by atoms with E-state index >= 15 is 0 Å². The highest BCUT2D eigenvalue weighted by Gasteiger charge is 2.36. The summed E-state index contributed by atoms with van der Waals surface area (Å²) in [5.74, 6) is 0.678. The lowest BCUT2D eigenvalue weighted by Crippen LogP contribution is -2.36. The van der Waals surface area contributed by atoms with Crippen LogP contribution in [0.3, 0.4) is 0 Å². The number of likely N-dealkylation sites (tertiary alicyclic amines) is 1. The second kappa shape index (κ2) is 7.18. The predicted octanol–water partition coefficient (Wildman–Crippen LogP) is 2.34. The van der Waals surface area contributed by atoms with Crippen LogP contribution in [-0.2, 0) is 6.54 Å². The van der Waals surface area contributed by atoms with Gasteiger partial charge >= 0.3 is 0 Å². The van der Waals surface area contributed by atoms with Crippen LogP contribution in [0.1, 0.15) is 29.4 Å². The summed E-state index contributed by atoms with van der Waals surface area (Å²) in [6, 6.07) is 8.27. The maximum absolute atomic E-state index is 13.0. The fraction of sp³-hybridized carbons (Fsp3) is 0.474. The molecule has 5 nitrogen and oxygen atoms in total. The molecule has 1 aliphatic heterocycles. The first-order chi connectivity index (χ1) is 11.6. The van der Waals surface area contributed by atoms with E-state index in [1.807, 2.05) is 46.1 Å². The van der Waals surface area contributed by atoms with Gasteiger partial charge in [0.2, 0.25) is 0 Å². The van der Waals surface area contributed by atoms with Crippen LogP contribution >= 0.6 is 0 Å². The van der Waals surface area contributed by atoms with Gasteiger partial charge in [-0.25, -0.2) is 0 Å². The number of likely N-dealkylation sites (N-methyl/N-ethyl adjacent to an activating group) is 1. The number of hydrogen-bond acceptors (Lipinski definition) is 3. The number of nitrogens with zero attached hydrogens (tertiary/aromatic N) is 4. The Bertz CT molecular complexity index is 680. The zero-order chi connectivity index (χ0) is 17.1. The highest BCUT2D eigenvalue weighted by Crippen LogP contribution is 2.25. The number of aromatic nitrogens is 2. The Morgan fingerprint density at radius 1 is 1.29 bits per heavy atom. The van der Waals surface area contributed by atoms with Gasteiger partial charge in [0.15, 0.2) is 0 Å². The van der Waals surface area contributed by atoms with Crippen LogP contribution in [0, 0.1) is 5.92 Å². The third-order valence-electron chi connectivity index (χ3n) is 5.01. The molecule has 0 aromatic carbocycles. The van der Waals surface area contributed by atoms with Crippen LogP contribution in [0.4, 0.5) is 0 Å². The van der Waals surface area contributed by atoms with Crippen molar-refractivity contribution >= 4 is 5.91 Å². The molecule has 1 saturated heterocycles. The van der Waals surface area contributed by atoms with E-state index in [2.05, 4.69) is 30.9 Å². The van der Waals surface area contributed by atoms with E-state index in [0.717, 1.165) is 30.8 Å². The molecule has 2 atom stereocenters. The smallest absolute Gasteiger partial charge is 0.270 e. The summed E-state index contributed by atoms with van der Waals surface area (Å²) in [7, 11) is 4.21. The van der Waals surface area contributed by atoms with Gasteiger partial charge in [-0.1, -0.05) is 19.4 Å². The lowest BCUT2D eigenvalue weighted by atomic mass is 10.0. The molecular weight excluding hydrogens is 300 g/mol. The second-order valence-corrected chi connectivity index (χ2v) is 6.79. The molecule has 24 heavy (non-hydrogen) atoms. The van der Waals surface area contributed by atoms with Crippen molar-refractivity contribution in [2.24, 2.45) is 5.92 Å². The minimum Gasteiger partial charge on any atom is -0.339 e. The molecule has 0 N–H and O–H groups in total. The summed E-state index contributed by atoms with van der Waals surface area (Å²) in [5, 5.41) is 0. The number of amides is 1. The molecule has 2 aromatic heterocycles. The van der Waals surface area contributed by atoms with Gasteiger partial charge in [0.25, 0.3) is 5.91 Å². The summed E-state index contributed by atoms with van der Waals surface area (Å²) in [6.45, 7) is 4.53. The Morgan fingerprint density at radius 2 is 2.12 bits per heavy atom. The molecule has 0 saturated carbocycles. The highest BCUT2D eigenvalue weighted by atomic mass is 16.2. The first-order valence-electron chi connectivity index (χ1n) is 8.60. The fourth-order valence-electron chi connectivity index (χ4n) is 3.60. The van der Waals surface area contributed by atoms with Crippen LogP contribution in [-0.4, -0.2) is 58.5 Å². The van der Waals surface area contributed by atoms with Crippen molar-refractivity contribution in [3.8, 4) is 0 Å². The van der Waals surface area contributed by atoms with Gasteiger partial charge in [-0.15, -0.1) is 0 Å². The molecule has 0 radical (unpaired) electrons. The summed E-state index contributed by atoms with van der Waals surface area (Å²) < 4.78 is 2.02. The predicted molar refractivity (Wildman–Crippen MR) is 94.9 cm³/mol. The van der Waals surface area contributed by atoms with E-state index < -0.39 is 0 Å². The van der Waals surface area contributed by atoms with E-state index in [0.29, 0.717) is 18.5 Å². The summed E-state index contributed by atoms with van der Waals surface area (Å²) in [4.78, 5) is 21.4. The van der Waals surface area contributed by atoms with Crippen molar-refractivity contribution in [1.29, 1.82) is 0 Å². The zero-order valence-corrected chi connectivity index (χ0v) is 14.7. The van der Waals surface area contributed by atoms with Crippen molar-refractivity contribution in [3.63, 3.8) is 0 Å². The maximum atomic E-state index is 13.0. The summed E-state index contributed by atoms with van der Waals surface area (Å²) >= 11 is 0. The molecule has 0 spiro atoms. The van der Waals surface area contributed by atoms with Gasteiger partial charge < -0.3 is 14.4 Å². The van der Waals surface area contributed by atoms with Crippen LogP contribution in [0.15, 0.2) is 42.9 Å². The quantitative estimate of drug-likeness (QED) is 0.847. The Morgan fingerprint density at radius 3 is 2.75 bits per heavy atom. The Kier molecular flexibility index (Phi) is 5.00. The molecule has 128 valence electrons. The van der Waals surface area contributed by atoms with Gasteiger partial charge in [0.1, 0.15) is 5.69 Å². The van der Waals surface area contributed by atoms with Gasteiger partial charge in [0, 0.05) is 44.3 Å². The summed E-state index contributed by atoms with van der Waals surface area (Å²) in [5.41, 5.74) is 1.86. The molecule has 3 heterocycles. The largest absolute Gasteiger partial charge is 0.339 e. The molecule has 5 heteroatoms. The minimum absolute atomic E-state index is 0.131. The van der Waals surface area contributed by atoms with Gasteiger partial charge in [-0.05, 0) is 43.8 Å². The molecule has 0 unspecified atom stereocenters. The van der Waals surface area contributed by atoms with Crippen molar-refractivity contribution in [3.05, 3.63) is 54.1 Å². The first kappa shape index (κ1) is 16.7. The Labute approximate surface area is 143 Å².